The van der Waals surface area contributed by atoms with Gasteiger partial charge < -0.3 is 14.8 Å². The van der Waals surface area contributed by atoms with E-state index >= 15 is 0 Å². The first kappa shape index (κ1) is 15.5. The predicted molar refractivity (Wildman–Crippen MR) is 79.4 cm³/mol. The van der Waals surface area contributed by atoms with Crippen molar-refractivity contribution < 1.29 is 9.47 Å². The summed E-state index contributed by atoms with van der Waals surface area (Å²) in [5.74, 6) is 1.55. The maximum Gasteiger partial charge on any atom is 0.137 e. The standard InChI is InChI=1S/C14H22ClN3O2/c1-4-11-17-12(15)10(2)13(18-11)16-9-14(19-3)5-7-20-8-6-14/h4-9H2,1-3H3,(H,16,17,18). The van der Waals surface area contributed by atoms with Gasteiger partial charge in [0.15, 0.2) is 0 Å². The highest BCUT2D eigenvalue weighted by Gasteiger charge is 2.32. The summed E-state index contributed by atoms with van der Waals surface area (Å²) >= 11 is 6.15. The van der Waals surface area contributed by atoms with Crippen molar-refractivity contribution >= 4 is 17.4 Å². The summed E-state index contributed by atoms with van der Waals surface area (Å²) in [6.07, 6.45) is 2.53. The monoisotopic (exact) mass is 299 g/mol. The van der Waals surface area contributed by atoms with Crippen molar-refractivity contribution in [2.45, 2.75) is 38.7 Å². The van der Waals surface area contributed by atoms with Crippen LogP contribution in [0, 0.1) is 6.92 Å². The highest BCUT2D eigenvalue weighted by Crippen LogP contribution is 2.26. The summed E-state index contributed by atoms with van der Waals surface area (Å²) in [5.41, 5.74) is 0.691. The highest BCUT2D eigenvalue weighted by atomic mass is 35.5. The zero-order valence-corrected chi connectivity index (χ0v) is 13.1. The predicted octanol–water partition coefficient (Wildman–Crippen LogP) is 2.61. The van der Waals surface area contributed by atoms with Gasteiger partial charge in [0, 0.05) is 51.7 Å². The molecular formula is C14H22ClN3O2. The highest BCUT2D eigenvalue weighted by molar-refractivity contribution is 6.30. The smallest absolute Gasteiger partial charge is 0.137 e. The van der Waals surface area contributed by atoms with Crippen molar-refractivity contribution in [2.24, 2.45) is 0 Å². The normalized spacial score (nSPS) is 18.0. The van der Waals surface area contributed by atoms with Gasteiger partial charge in [-0.25, -0.2) is 9.97 Å². The molecule has 0 spiro atoms. The third kappa shape index (κ3) is 3.40. The molecule has 1 aliphatic heterocycles. The summed E-state index contributed by atoms with van der Waals surface area (Å²) < 4.78 is 11.1. The molecular weight excluding hydrogens is 278 g/mol. The zero-order valence-electron chi connectivity index (χ0n) is 12.3. The number of nitrogens with one attached hydrogen (secondary N) is 1. The van der Waals surface area contributed by atoms with Crippen LogP contribution in [0.15, 0.2) is 0 Å². The Balaban J connectivity index is 2.11. The van der Waals surface area contributed by atoms with Crippen molar-refractivity contribution in [3.63, 3.8) is 0 Å². The fourth-order valence-corrected chi connectivity index (χ4v) is 2.49. The molecule has 1 aromatic heterocycles. The number of ether oxygens (including phenoxy) is 2. The van der Waals surface area contributed by atoms with Crippen LogP contribution in [0.25, 0.3) is 0 Å². The van der Waals surface area contributed by atoms with Crippen LogP contribution in [0.5, 0.6) is 0 Å². The molecule has 2 rings (SSSR count). The third-order valence-corrected chi connectivity index (χ3v) is 4.23. The molecule has 5 nitrogen and oxygen atoms in total. The van der Waals surface area contributed by atoms with E-state index in [1.54, 1.807) is 7.11 Å². The fraction of sp³-hybridized carbons (Fsp3) is 0.714. The molecule has 0 atom stereocenters. The van der Waals surface area contributed by atoms with E-state index in [2.05, 4.69) is 15.3 Å². The average Bonchev–Trinajstić information content (AvgIpc) is 2.49. The van der Waals surface area contributed by atoms with Crippen molar-refractivity contribution in [3.05, 3.63) is 16.5 Å². The van der Waals surface area contributed by atoms with Gasteiger partial charge in [0.05, 0.1) is 5.60 Å². The lowest BCUT2D eigenvalue weighted by molar-refractivity contribution is -0.0807. The van der Waals surface area contributed by atoms with Gasteiger partial charge in [-0.3, -0.25) is 0 Å². The molecule has 0 radical (unpaired) electrons. The number of hydrogen-bond acceptors (Lipinski definition) is 5. The van der Waals surface area contributed by atoms with Gasteiger partial charge in [-0.15, -0.1) is 0 Å². The summed E-state index contributed by atoms with van der Waals surface area (Å²) in [4.78, 5) is 8.76. The van der Waals surface area contributed by atoms with Crippen molar-refractivity contribution in [1.82, 2.24) is 9.97 Å². The molecule has 0 unspecified atom stereocenters. The summed E-state index contributed by atoms with van der Waals surface area (Å²) in [6, 6.07) is 0. The number of halogens is 1. The van der Waals surface area contributed by atoms with Crippen molar-refractivity contribution in [1.29, 1.82) is 0 Å². The molecule has 2 heterocycles. The van der Waals surface area contributed by atoms with Gasteiger partial charge in [-0.2, -0.15) is 0 Å². The zero-order chi connectivity index (χ0) is 14.6. The van der Waals surface area contributed by atoms with Gasteiger partial charge in [-0.1, -0.05) is 18.5 Å². The van der Waals surface area contributed by atoms with E-state index in [4.69, 9.17) is 21.1 Å². The minimum Gasteiger partial charge on any atom is -0.381 e. The maximum atomic E-state index is 6.15. The Kier molecular flexibility index (Phi) is 5.18. The van der Waals surface area contributed by atoms with Crippen molar-refractivity contribution in [2.75, 3.05) is 32.2 Å². The number of nitrogens with zero attached hydrogens (tertiary/aromatic N) is 2. The Morgan fingerprint density at radius 1 is 1.35 bits per heavy atom. The van der Waals surface area contributed by atoms with Crippen molar-refractivity contribution in [3.8, 4) is 0 Å². The lowest BCUT2D eigenvalue weighted by Gasteiger charge is -2.36. The van der Waals surface area contributed by atoms with Crippen LogP contribution in [-0.4, -0.2) is 42.4 Å². The molecule has 1 N–H and O–H groups in total. The summed E-state index contributed by atoms with van der Waals surface area (Å²) in [6.45, 7) is 6.11. The first-order valence-electron chi connectivity index (χ1n) is 7.00. The van der Waals surface area contributed by atoms with Gasteiger partial charge in [-0.05, 0) is 6.92 Å². The quantitative estimate of drug-likeness (QED) is 0.847. The number of anilines is 1. The number of methoxy groups -OCH3 is 1. The van der Waals surface area contributed by atoms with E-state index in [0.29, 0.717) is 11.7 Å². The third-order valence-electron chi connectivity index (χ3n) is 3.86. The van der Waals surface area contributed by atoms with Gasteiger partial charge in [0.1, 0.15) is 16.8 Å². The molecule has 0 saturated carbocycles. The molecule has 20 heavy (non-hydrogen) atoms. The fourth-order valence-electron chi connectivity index (χ4n) is 2.30. The number of aromatic nitrogens is 2. The van der Waals surface area contributed by atoms with E-state index in [9.17, 15) is 0 Å². The molecule has 1 saturated heterocycles. The Labute approximate surface area is 125 Å². The minimum absolute atomic E-state index is 0.186. The van der Waals surface area contributed by atoms with Crippen LogP contribution >= 0.6 is 11.6 Å². The van der Waals surface area contributed by atoms with Crippen LogP contribution in [0.4, 0.5) is 5.82 Å². The summed E-state index contributed by atoms with van der Waals surface area (Å²) in [7, 11) is 1.75. The largest absolute Gasteiger partial charge is 0.381 e. The molecule has 1 aromatic rings. The average molecular weight is 300 g/mol. The second kappa shape index (κ2) is 6.70. The Bertz CT molecular complexity index is 462. The van der Waals surface area contributed by atoms with Gasteiger partial charge >= 0.3 is 0 Å². The van der Waals surface area contributed by atoms with Crippen LogP contribution in [0.1, 0.15) is 31.2 Å². The van der Waals surface area contributed by atoms with Gasteiger partial charge in [0.25, 0.3) is 0 Å². The molecule has 1 fully saturated rings. The van der Waals surface area contributed by atoms with Crippen LogP contribution in [-0.2, 0) is 15.9 Å². The topological polar surface area (TPSA) is 56.3 Å². The molecule has 1 aliphatic rings. The first-order valence-corrected chi connectivity index (χ1v) is 7.38. The van der Waals surface area contributed by atoms with Gasteiger partial charge in [0.2, 0.25) is 0 Å². The molecule has 0 aromatic carbocycles. The number of aryl methyl sites for hydroxylation is 1. The lowest BCUT2D eigenvalue weighted by atomic mass is 9.94. The number of hydrogen-bond donors (Lipinski definition) is 1. The molecule has 112 valence electrons. The van der Waals surface area contributed by atoms with E-state index in [0.717, 1.165) is 49.7 Å². The van der Waals surface area contributed by atoms with Crippen LogP contribution in [0.3, 0.4) is 0 Å². The first-order chi connectivity index (χ1) is 9.60. The van der Waals surface area contributed by atoms with E-state index < -0.39 is 0 Å². The molecule has 0 aliphatic carbocycles. The Hall–Kier alpha value is -0.910. The Morgan fingerprint density at radius 3 is 2.65 bits per heavy atom. The maximum absolute atomic E-state index is 6.15. The second-order valence-electron chi connectivity index (χ2n) is 5.11. The minimum atomic E-state index is -0.186. The molecule has 6 heteroatoms. The van der Waals surface area contributed by atoms with E-state index in [1.807, 2.05) is 13.8 Å². The van der Waals surface area contributed by atoms with Crippen LogP contribution < -0.4 is 5.32 Å². The second-order valence-corrected chi connectivity index (χ2v) is 5.47. The van der Waals surface area contributed by atoms with Crippen LogP contribution in [0.2, 0.25) is 5.15 Å². The Morgan fingerprint density at radius 2 is 2.05 bits per heavy atom. The molecule has 0 amide bonds. The number of rotatable bonds is 5. The van der Waals surface area contributed by atoms with E-state index in [-0.39, 0.29) is 5.60 Å². The lowest BCUT2D eigenvalue weighted by Crippen LogP contribution is -2.44. The summed E-state index contributed by atoms with van der Waals surface area (Å²) in [5, 5.41) is 3.89. The molecule has 0 bridgehead atoms. The SMILES string of the molecule is CCc1nc(Cl)c(C)c(NCC2(OC)CCOCC2)n1. The van der Waals surface area contributed by atoms with E-state index in [1.165, 1.54) is 0 Å².